The zero-order valence-electron chi connectivity index (χ0n) is 7.00. The number of pyridine rings is 1. The highest BCUT2D eigenvalue weighted by atomic mass is 35.5. The van der Waals surface area contributed by atoms with Crippen molar-refractivity contribution < 1.29 is 0 Å². The molecule has 0 saturated heterocycles. The van der Waals surface area contributed by atoms with Gasteiger partial charge < -0.3 is 5.73 Å². The highest BCUT2D eigenvalue weighted by Crippen LogP contribution is 2.50. The van der Waals surface area contributed by atoms with Crippen molar-refractivity contribution in [2.45, 2.75) is 12.3 Å². The molecule has 1 aliphatic rings. The van der Waals surface area contributed by atoms with Gasteiger partial charge in [-0.1, -0.05) is 23.2 Å². The van der Waals surface area contributed by atoms with E-state index in [1.165, 1.54) is 0 Å². The van der Waals surface area contributed by atoms with Crippen LogP contribution < -0.4 is 5.73 Å². The van der Waals surface area contributed by atoms with Gasteiger partial charge in [0.05, 0.1) is 10.0 Å². The highest BCUT2D eigenvalue weighted by molar-refractivity contribution is 6.35. The standard InChI is InChI=1S/C9H10Cl2N2/c10-7-3-13-4-8(11)9(7)6-1-5(6)2-12/h3-6H,1-2,12H2/t5-,6+/m0/s1. The Labute approximate surface area is 87.1 Å². The first kappa shape index (κ1) is 9.25. The van der Waals surface area contributed by atoms with Crippen LogP contribution in [0, 0.1) is 5.92 Å². The van der Waals surface area contributed by atoms with Crippen LogP contribution in [-0.2, 0) is 0 Å². The molecule has 13 heavy (non-hydrogen) atoms. The summed E-state index contributed by atoms with van der Waals surface area (Å²) in [4.78, 5) is 3.91. The maximum atomic E-state index is 6.00. The number of hydrogen-bond acceptors (Lipinski definition) is 2. The van der Waals surface area contributed by atoms with Gasteiger partial charge in [-0.15, -0.1) is 0 Å². The van der Waals surface area contributed by atoms with E-state index in [0.29, 0.717) is 28.4 Å². The molecule has 2 rings (SSSR count). The molecule has 0 spiro atoms. The summed E-state index contributed by atoms with van der Waals surface area (Å²) < 4.78 is 0. The van der Waals surface area contributed by atoms with E-state index in [4.69, 9.17) is 28.9 Å². The summed E-state index contributed by atoms with van der Waals surface area (Å²) in [6.07, 6.45) is 4.36. The van der Waals surface area contributed by atoms with Gasteiger partial charge in [0.25, 0.3) is 0 Å². The molecule has 0 radical (unpaired) electrons. The molecule has 0 unspecified atom stereocenters. The largest absolute Gasteiger partial charge is 0.330 e. The Balaban J connectivity index is 2.30. The lowest BCUT2D eigenvalue weighted by Crippen LogP contribution is -2.02. The predicted molar refractivity (Wildman–Crippen MR) is 54.2 cm³/mol. The van der Waals surface area contributed by atoms with Crippen LogP contribution in [-0.4, -0.2) is 11.5 Å². The second kappa shape index (κ2) is 3.45. The van der Waals surface area contributed by atoms with Gasteiger partial charge in [-0.3, -0.25) is 4.98 Å². The zero-order chi connectivity index (χ0) is 9.42. The summed E-state index contributed by atoms with van der Waals surface area (Å²) in [5.41, 5.74) is 6.58. The van der Waals surface area contributed by atoms with Gasteiger partial charge in [-0.2, -0.15) is 0 Å². The average molecular weight is 217 g/mol. The molecule has 0 aromatic carbocycles. The lowest BCUT2D eigenvalue weighted by Gasteiger charge is -2.04. The molecule has 2 atom stereocenters. The Morgan fingerprint density at radius 1 is 1.38 bits per heavy atom. The molecule has 1 heterocycles. The summed E-state index contributed by atoms with van der Waals surface area (Å²) in [6.45, 7) is 0.708. The van der Waals surface area contributed by atoms with Crippen LogP contribution in [0.5, 0.6) is 0 Å². The molecular weight excluding hydrogens is 207 g/mol. The summed E-state index contributed by atoms with van der Waals surface area (Å²) in [6, 6.07) is 0. The lowest BCUT2D eigenvalue weighted by atomic mass is 10.1. The zero-order valence-corrected chi connectivity index (χ0v) is 8.52. The van der Waals surface area contributed by atoms with Gasteiger partial charge in [0.2, 0.25) is 0 Å². The van der Waals surface area contributed by atoms with Gasteiger partial charge in [0.1, 0.15) is 0 Å². The maximum absolute atomic E-state index is 6.00. The van der Waals surface area contributed by atoms with Crippen LogP contribution in [0.1, 0.15) is 17.9 Å². The maximum Gasteiger partial charge on any atom is 0.0639 e. The number of nitrogens with two attached hydrogens (primary N) is 1. The van der Waals surface area contributed by atoms with Crippen molar-refractivity contribution in [3.05, 3.63) is 28.0 Å². The molecule has 1 aliphatic carbocycles. The van der Waals surface area contributed by atoms with Crippen molar-refractivity contribution in [2.75, 3.05) is 6.54 Å². The summed E-state index contributed by atoms with van der Waals surface area (Å²) >= 11 is 12.0. The summed E-state index contributed by atoms with van der Waals surface area (Å²) in [7, 11) is 0. The molecule has 0 amide bonds. The Bertz CT molecular complexity index is 307. The van der Waals surface area contributed by atoms with Gasteiger partial charge in [-0.25, -0.2) is 0 Å². The number of nitrogens with zero attached hydrogens (tertiary/aromatic N) is 1. The molecule has 2 nitrogen and oxygen atoms in total. The van der Waals surface area contributed by atoms with Gasteiger partial charge in [0, 0.05) is 12.4 Å². The first-order valence-corrected chi connectivity index (χ1v) is 4.98. The fourth-order valence-electron chi connectivity index (χ4n) is 1.64. The second-order valence-electron chi connectivity index (χ2n) is 3.35. The molecule has 1 saturated carbocycles. The third-order valence-corrected chi connectivity index (χ3v) is 3.09. The van der Waals surface area contributed by atoms with Crippen LogP contribution >= 0.6 is 23.2 Å². The van der Waals surface area contributed by atoms with Crippen LogP contribution in [0.2, 0.25) is 10.0 Å². The van der Waals surface area contributed by atoms with Crippen LogP contribution in [0.4, 0.5) is 0 Å². The van der Waals surface area contributed by atoms with E-state index in [1.54, 1.807) is 12.4 Å². The summed E-state index contributed by atoms with van der Waals surface area (Å²) in [5, 5.41) is 1.32. The number of rotatable bonds is 2. The van der Waals surface area contributed by atoms with Crippen molar-refractivity contribution in [2.24, 2.45) is 11.7 Å². The highest BCUT2D eigenvalue weighted by Gasteiger charge is 2.39. The second-order valence-corrected chi connectivity index (χ2v) is 4.17. The van der Waals surface area contributed by atoms with Crippen molar-refractivity contribution >= 4 is 23.2 Å². The molecule has 70 valence electrons. The molecule has 1 fully saturated rings. The van der Waals surface area contributed by atoms with Crippen LogP contribution in [0.3, 0.4) is 0 Å². The SMILES string of the molecule is NC[C@@H]1C[C@H]1c1c(Cl)cncc1Cl. The molecule has 2 N–H and O–H groups in total. The van der Waals surface area contributed by atoms with E-state index in [1.807, 2.05) is 0 Å². The first-order chi connectivity index (χ1) is 6.24. The number of aromatic nitrogens is 1. The smallest absolute Gasteiger partial charge is 0.0639 e. The van der Waals surface area contributed by atoms with Crippen molar-refractivity contribution in [3.63, 3.8) is 0 Å². The van der Waals surface area contributed by atoms with E-state index < -0.39 is 0 Å². The quantitative estimate of drug-likeness (QED) is 0.826. The Morgan fingerprint density at radius 3 is 2.46 bits per heavy atom. The molecule has 4 heteroatoms. The molecular formula is C9H10Cl2N2. The minimum atomic E-state index is 0.452. The molecule has 0 aliphatic heterocycles. The van der Waals surface area contributed by atoms with E-state index >= 15 is 0 Å². The van der Waals surface area contributed by atoms with Gasteiger partial charge in [0.15, 0.2) is 0 Å². The van der Waals surface area contributed by atoms with Gasteiger partial charge >= 0.3 is 0 Å². The topological polar surface area (TPSA) is 38.9 Å². The van der Waals surface area contributed by atoms with Gasteiger partial charge in [-0.05, 0) is 30.4 Å². The Kier molecular flexibility index (Phi) is 2.45. The number of halogens is 2. The monoisotopic (exact) mass is 216 g/mol. The van der Waals surface area contributed by atoms with E-state index in [-0.39, 0.29) is 0 Å². The number of hydrogen-bond donors (Lipinski definition) is 1. The van der Waals surface area contributed by atoms with E-state index in [0.717, 1.165) is 12.0 Å². The minimum Gasteiger partial charge on any atom is -0.330 e. The Hall–Kier alpha value is -0.310. The average Bonchev–Trinajstić information content (AvgIpc) is 2.83. The lowest BCUT2D eigenvalue weighted by molar-refractivity contribution is 0.809. The normalized spacial score (nSPS) is 26.1. The minimum absolute atomic E-state index is 0.452. The Morgan fingerprint density at radius 2 is 2.00 bits per heavy atom. The van der Waals surface area contributed by atoms with Crippen LogP contribution in [0.25, 0.3) is 0 Å². The predicted octanol–water partition coefficient (Wildman–Crippen LogP) is 2.45. The fraction of sp³-hybridized carbons (Fsp3) is 0.444. The first-order valence-electron chi connectivity index (χ1n) is 4.23. The third kappa shape index (κ3) is 1.66. The van der Waals surface area contributed by atoms with Crippen molar-refractivity contribution in [3.8, 4) is 0 Å². The summed E-state index contributed by atoms with van der Waals surface area (Å²) in [5.74, 6) is 1.00. The fourth-order valence-corrected chi connectivity index (χ4v) is 2.28. The van der Waals surface area contributed by atoms with Crippen molar-refractivity contribution in [1.29, 1.82) is 0 Å². The molecule has 1 aromatic rings. The molecule has 1 aromatic heterocycles. The van der Waals surface area contributed by atoms with Crippen LogP contribution in [0.15, 0.2) is 12.4 Å². The third-order valence-electron chi connectivity index (χ3n) is 2.49. The van der Waals surface area contributed by atoms with E-state index in [9.17, 15) is 0 Å². The molecule has 0 bridgehead atoms. The van der Waals surface area contributed by atoms with E-state index in [2.05, 4.69) is 4.98 Å². The van der Waals surface area contributed by atoms with Crippen molar-refractivity contribution in [1.82, 2.24) is 4.98 Å².